The third-order valence-electron chi connectivity index (χ3n) is 4.13. The predicted octanol–water partition coefficient (Wildman–Crippen LogP) is 2.26. The van der Waals surface area contributed by atoms with Gasteiger partial charge in [0.25, 0.3) is 5.91 Å². The Morgan fingerprint density at radius 1 is 1.35 bits per heavy atom. The Morgan fingerprint density at radius 3 is 2.91 bits per heavy atom. The SMILES string of the molecule is Cc1onc(-c2ccccn2)c1C(=O)NCCCN1CCCC1. The molecule has 1 aliphatic rings. The van der Waals surface area contributed by atoms with E-state index in [9.17, 15) is 4.79 Å². The molecule has 3 heterocycles. The Balaban J connectivity index is 1.60. The van der Waals surface area contributed by atoms with Gasteiger partial charge >= 0.3 is 0 Å². The standard InChI is InChI=1S/C17H22N4O2/c1-13-15(16(20-23-13)14-7-2-3-8-18-14)17(22)19-9-6-12-21-10-4-5-11-21/h2-3,7-8H,4-6,9-12H2,1H3,(H,19,22). The van der Waals surface area contributed by atoms with Gasteiger partial charge in [0.1, 0.15) is 17.0 Å². The molecule has 1 N–H and O–H groups in total. The van der Waals surface area contributed by atoms with Crippen molar-refractivity contribution in [3.05, 3.63) is 35.7 Å². The van der Waals surface area contributed by atoms with Gasteiger partial charge in [-0.15, -0.1) is 0 Å². The first-order valence-electron chi connectivity index (χ1n) is 8.14. The van der Waals surface area contributed by atoms with Gasteiger partial charge in [-0.2, -0.15) is 0 Å². The van der Waals surface area contributed by atoms with Crippen LogP contribution >= 0.6 is 0 Å². The van der Waals surface area contributed by atoms with Gasteiger partial charge in [0, 0.05) is 12.7 Å². The maximum atomic E-state index is 12.5. The quantitative estimate of drug-likeness (QED) is 0.828. The molecule has 2 aromatic rings. The van der Waals surface area contributed by atoms with Crippen molar-refractivity contribution in [2.75, 3.05) is 26.2 Å². The lowest BCUT2D eigenvalue weighted by atomic mass is 10.1. The summed E-state index contributed by atoms with van der Waals surface area (Å²) in [4.78, 5) is 19.1. The number of carbonyl (C=O) groups is 1. The molecule has 2 aromatic heterocycles. The van der Waals surface area contributed by atoms with E-state index in [4.69, 9.17) is 4.52 Å². The summed E-state index contributed by atoms with van der Waals surface area (Å²) in [6.07, 6.45) is 5.21. The summed E-state index contributed by atoms with van der Waals surface area (Å²) in [5.74, 6) is 0.369. The number of pyridine rings is 1. The number of likely N-dealkylation sites (tertiary alicyclic amines) is 1. The minimum atomic E-state index is -0.147. The van der Waals surface area contributed by atoms with Crippen molar-refractivity contribution in [2.45, 2.75) is 26.2 Å². The molecular formula is C17H22N4O2. The molecule has 1 saturated heterocycles. The van der Waals surface area contributed by atoms with E-state index in [-0.39, 0.29) is 5.91 Å². The van der Waals surface area contributed by atoms with Gasteiger partial charge in [0.2, 0.25) is 0 Å². The van der Waals surface area contributed by atoms with Crippen LogP contribution in [0.1, 0.15) is 35.4 Å². The lowest BCUT2D eigenvalue weighted by Gasteiger charge is -2.14. The Kier molecular flexibility index (Phi) is 5.02. The number of carbonyl (C=O) groups excluding carboxylic acids is 1. The predicted molar refractivity (Wildman–Crippen MR) is 87.1 cm³/mol. The molecule has 0 atom stereocenters. The van der Waals surface area contributed by atoms with Gasteiger partial charge < -0.3 is 14.7 Å². The average molecular weight is 314 g/mol. The molecule has 6 heteroatoms. The van der Waals surface area contributed by atoms with E-state index in [0.717, 1.165) is 13.0 Å². The summed E-state index contributed by atoms with van der Waals surface area (Å²) in [6, 6.07) is 5.51. The molecule has 1 aliphatic heterocycles. The fraction of sp³-hybridized carbons (Fsp3) is 0.471. The fourth-order valence-corrected chi connectivity index (χ4v) is 2.92. The number of amides is 1. The van der Waals surface area contributed by atoms with E-state index in [1.54, 1.807) is 13.1 Å². The molecule has 0 saturated carbocycles. The Morgan fingerprint density at radius 2 is 2.17 bits per heavy atom. The molecule has 3 rings (SSSR count). The number of nitrogens with zero attached hydrogens (tertiary/aromatic N) is 3. The Bertz CT molecular complexity index is 648. The highest BCUT2D eigenvalue weighted by Crippen LogP contribution is 2.23. The van der Waals surface area contributed by atoms with Crippen molar-refractivity contribution in [1.82, 2.24) is 20.4 Å². The molecule has 0 unspecified atom stereocenters. The van der Waals surface area contributed by atoms with Gasteiger partial charge in [-0.05, 0) is 58.0 Å². The van der Waals surface area contributed by atoms with Crippen molar-refractivity contribution in [3.8, 4) is 11.4 Å². The molecule has 1 fully saturated rings. The number of hydrogen-bond donors (Lipinski definition) is 1. The maximum absolute atomic E-state index is 12.5. The lowest BCUT2D eigenvalue weighted by Crippen LogP contribution is -2.29. The van der Waals surface area contributed by atoms with Gasteiger partial charge in [0.05, 0.1) is 5.69 Å². The monoisotopic (exact) mass is 314 g/mol. The second-order valence-corrected chi connectivity index (χ2v) is 5.84. The second kappa shape index (κ2) is 7.37. The Hall–Kier alpha value is -2.21. The highest BCUT2D eigenvalue weighted by atomic mass is 16.5. The molecular weight excluding hydrogens is 292 g/mol. The molecule has 0 radical (unpaired) electrons. The maximum Gasteiger partial charge on any atom is 0.257 e. The van der Waals surface area contributed by atoms with Gasteiger partial charge in [-0.1, -0.05) is 11.2 Å². The van der Waals surface area contributed by atoms with E-state index >= 15 is 0 Å². The van der Waals surface area contributed by atoms with Crippen LogP contribution < -0.4 is 5.32 Å². The van der Waals surface area contributed by atoms with Crippen LogP contribution in [0.25, 0.3) is 11.4 Å². The molecule has 0 bridgehead atoms. The largest absolute Gasteiger partial charge is 0.360 e. The van der Waals surface area contributed by atoms with Crippen molar-refractivity contribution >= 4 is 5.91 Å². The second-order valence-electron chi connectivity index (χ2n) is 5.84. The highest BCUT2D eigenvalue weighted by molar-refractivity contribution is 6.00. The van der Waals surface area contributed by atoms with Crippen molar-refractivity contribution < 1.29 is 9.32 Å². The zero-order valence-corrected chi connectivity index (χ0v) is 13.4. The summed E-state index contributed by atoms with van der Waals surface area (Å²) >= 11 is 0. The van der Waals surface area contributed by atoms with E-state index in [1.807, 2.05) is 18.2 Å². The third-order valence-corrected chi connectivity index (χ3v) is 4.13. The molecule has 0 spiro atoms. The van der Waals surface area contributed by atoms with E-state index in [0.29, 0.717) is 29.3 Å². The van der Waals surface area contributed by atoms with Gasteiger partial charge in [0.15, 0.2) is 0 Å². The minimum Gasteiger partial charge on any atom is -0.360 e. The van der Waals surface area contributed by atoms with Crippen LogP contribution in [-0.4, -0.2) is 47.1 Å². The first-order chi connectivity index (χ1) is 11.3. The average Bonchev–Trinajstić information content (AvgIpc) is 3.22. The number of hydrogen-bond acceptors (Lipinski definition) is 5. The Labute approximate surface area is 135 Å². The van der Waals surface area contributed by atoms with Crippen LogP contribution in [0.15, 0.2) is 28.9 Å². The number of aromatic nitrogens is 2. The molecule has 0 aliphatic carbocycles. The molecule has 122 valence electrons. The number of rotatable bonds is 6. The summed E-state index contributed by atoms with van der Waals surface area (Å²) < 4.78 is 5.20. The van der Waals surface area contributed by atoms with Gasteiger partial charge in [-0.3, -0.25) is 9.78 Å². The summed E-state index contributed by atoms with van der Waals surface area (Å²) in [7, 11) is 0. The van der Waals surface area contributed by atoms with E-state index < -0.39 is 0 Å². The number of nitrogens with one attached hydrogen (secondary N) is 1. The van der Waals surface area contributed by atoms with Crippen LogP contribution in [0.4, 0.5) is 0 Å². The van der Waals surface area contributed by atoms with Gasteiger partial charge in [-0.25, -0.2) is 0 Å². The normalized spacial score (nSPS) is 15.0. The topological polar surface area (TPSA) is 71.3 Å². The van der Waals surface area contributed by atoms with Crippen LogP contribution in [0.2, 0.25) is 0 Å². The smallest absolute Gasteiger partial charge is 0.257 e. The van der Waals surface area contributed by atoms with Crippen molar-refractivity contribution in [3.63, 3.8) is 0 Å². The zero-order valence-electron chi connectivity index (χ0n) is 13.4. The van der Waals surface area contributed by atoms with Crippen LogP contribution in [0, 0.1) is 6.92 Å². The first kappa shape index (κ1) is 15.7. The van der Waals surface area contributed by atoms with Crippen molar-refractivity contribution in [2.24, 2.45) is 0 Å². The zero-order chi connectivity index (χ0) is 16.1. The lowest BCUT2D eigenvalue weighted by molar-refractivity contribution is 0.0951. The van der Waals surface area contributed by atoms with Crippen LogP contribution in [0.3, 0.4) is 0 Å². The summed E-state index contributed by atoms with van der Waals surface area (Å²) in [5.41, 5.74) is 1.62. The highest BCUT2D eigenvalue weighted by Gasteiger charge is 2.22. The van der Waals surface area contributed by atoms with Crippen LogP contribution in [-0.2, 0) is 0 Å². The number of aryl methyl sites for hydroxylation is 1. The third kappa shape index (κ3) is 3.76. The first-order valence-corrected chi connectivity index (χ1v) is 8.14. The summed E-state index contributed by atoms with van der Waals surface area (Å²) in [5, 5.41) is 6.96. The van der Waals surface area contributed by atoms with Crippen LogP contribution in [0.5, 0.6) is 0 Å². The molecule has 1 amide bonds. The molecule has 6 nitrogen and oxygen atoms in total. The fourth-order valence-electron chi connectivity index (χ4n) is 2.92. The van der Waals surface area contributed by atoms with E-state index in [2.05, 4.69) is 20.4 Å². The van der Waals surface area contributed by atoms with Crippen molar-refractivity contribution in [1.29, 1.82) is 0 Å². The van der Waals surface area contributed by atoms with E-state index in [1.165, 1.54) is 25.9 Å². The summed E-state index contributed by atoms with van der Waals surface area (Å²) in [6.45, 7) is 5.81. The minimum absolute atomic E-state index is 0.147. The molecule has 0 aromatic carbocycles. The molecule has 23 heavy (non-hydrogen) atoms.